The fourth-order valence-corrected chi connectivity index (χ4v) is 2.45. The fourth-order valence-electron chi connectivity index (χ4n) is 2.11. The molecule has 0 aromatic heterocycles. The summed E-state index contributed by atoms with van der Waals surface area (Å²) in [6, 6.07) is -0.602. The van der Waals surface area contributed by atoms with Crippen molar-refractivity contribution >= 4 is 22.9 Å². The Bertz CT molecular complexity index is 390. The predicted octanol–water partition coefficient (Wildman–Crippen LogP) is 1.03. The number of carboxylic acid groups (broad SMARTS) is 1. The summed E-state index contributed by atoms with van der Waals surface area (Å²) in [7, 11) is 0. The van der Waals surface area contributed by atoms with Gasteiger partial charge in [0.25, 0.3) is 0 Å². The summed E-state index contributed by atoms with van der Waals surface area (Å²) in [5.41, 5.74) is 2.51. The first-order valence-electron chi connectivity index (χ1n) is 4.99. The van der Waals surface area contributed by atoms with E-state index < -0.39 is 37.1 Å². The lowest BCUT2D eigenvalue weighted by Gasteiger charge is -2.38. The fraction of sp³-hybridized carbons (Fsp3) is 0.750. The number of hydrazone groups is 1. The van der Waals surface area contributed by atoms with Crippen molar-refractivity contribution in [3.63, 3.8) is 0 Å². The second-order valence-electron chi connectivity index (χ2n) is 3.99. The molecule has 2 heterocycles. The molecule has 6 nitrogen and oxygen atoms in total. The molecule has 0 aromatic rings. The summed E-state index contributed by atoms with van der Waals surface area (Å²) in [6.07, 6.45) is -7.56. The lowest BCUT2D eigenvalue weighted by Crippen LogP contribution is -2.58. The van der Waals surface area contributed by atoms with Crippen molar-refractivity contribution < 1.29 is 27.8 Å². The summed E-state index contributed by atoms with van der Waals surface area (Å²) in [5, 5.41) is 12.4. The minimum atomic E-state index is -4.85. The van der Waals surface area contributed by atoms with Gasteiger partial charge in [-0.1, -0.05) is 11.6 Å². The van der Waals surface area contributed by atoms with Crippen LogP contribution in [0.2, 0.25) is 0 Å². The van der Waals surface area contributed by atoms with Gasteiger partial charge in [0.05, 0.1) is 24.6 Å². The van der Waals surface area contributed by atoms with E-state index in [4.69, 9.17) is 16.7 Å². The number of piperidine rings is 1. The Balaban J connectivity index is 2.17. The number of rotatable bonds is 1. The zero-order valence-corrected chi connectivity index (χ0v) is 9.57. The van der Waals surface area contributed by atoms with E-state index in [2.05, 4.69) is 15.3 Å². The minimum absolute atomic E-state index is 0.0113. The molecule has 2 rings (SSSR count). The Hall–Kier alpha value is -1.22. The molecule has 0 radical (unpaired) electrons. The first kappa shape index (κ1) is 13.2. The zero-order valence-electron chi connectivity index (χ0n) is 8.82. The van der Waals surface area contributed by atoms with Crippen LogP contribution in [0.3, 0.4) is 0 Å². The van der Waals surface area contributed by atoms with E-state index >= 15 is 0 Å². The van der Waals surface area contributed by atoms with E-state index in [-0.39, 0.29) is 11.7 Å². The highest BCUT2D eigenvalue weighted by Crippen LogP contribution is 2.32. The average Bonchev–Trinajstić information content (AvgIpc) is 2.58. The van der Waals surface area contributed by atoms with E-state index in [9.17, 15) is 18.0 Å². The maximum Gasteiger partial charge on any atom is 0.522 e. The van der Waals surface area contributed by atoms with Crippen LogP contribution in [0.15, 0.2) is 5.10 Å². The molecule has 0 saturated carbocycles. The lowest BCUT2D eigenvalue weighted by molar-refractivity contribution is -0.349. The maximum atomic E-state index is 12.3. The van der Waals surface area contributed by atoms with Crippen LogP contribution in [0, 0.1) is 5.92 Å². The number of hydrogen-bond donors (Lipinski definition) is 2. The third-order valence-corrected chi connectivity index (χ3v) is 3.16. The van der Waals surface area contributed by atoms with Crippen LogP contribution < -0.4 is 5.43 Å². The molecule has 1 amide bonds. The molecule has 2 aliphatic heterocycles. The molecule has 10 heteroatoms. The SMILES string of the molecule is O=C(O)N1CC2NN=C(Cl)C2C(OC(F)(F)F)C1. The first-order chi connectivity index (χ1) is 8.28. The Kier molecular flexibility index (Phi) is 3.28. The van der Waals surface area contributed by atoms with E-state index in [1.807, 2.05) is 0 Å². The molecule has 0 spiro atoms. The number of ether oxygens (including phenoxy) is 1. The predicted molar refractivity (Wildman–Crippen MR) is 54.2 cm³/mol. The highest BCUT2D eigenvalue weighted by atomic mass is 35.5. The number of amides is 1. The summed E-state index contributed by atoms with van der Waals surface area (Å²) in [6.45, 7) is -0.388. The summed E-state index contributed by atoms with van der Waals surface area (Å²) in [4.78, 5) is 11.7. The van der Waals surface area contributed by atoms with Crippen molar-refractivity contribution in [3.05, 3.63) is 0 Å². The van der Waals surface area contributed by atoms with Crippen LogP contribution in [0.1, 0.15) is 0 Å². The van der Waals surface area contributed by atoms with Gasteiger partial charge < -0.3 is 15.4 Å². The topological polar surface area (TPSA) is 74.2 Å². The number of carbonyl (C=O) groups is 1. The van der Waals surface area contributed by atoms with Gasteiger partial charge in [-0.05, 0) is 0 Å². The molecule has 1 fully saturated rings. The number of fused-ring (bicyclic) bond motifs is 1. The van der Waals surface area contributed by atoms with Crippen molar-refractivity contribution in [1.82, 2.24) is 10.3 Å². The highest BCUT2D eigenvalue weighted by Gasteiger charge is 2.48. The molecular weight excluding hydrogens is 279 g/mol. The molecular formula is C8H9ClF3N3O3. The third kappa shape index (κ3) is 2.61. The van der Waals surface area contributed by atoms with Crippen LogP contribution in [-0.2, 0) is 4.74 Å². The Morgan fingerprint density at radius 3 is 2.78 bits per heavy atom. The van der Waals surface area contributed by atoms with E-state index in [0.717, 1.165) is 4.90 Å². The summed E-state index contributed by atoms with van der Waals surface area (Å²) < 4.78 is 40.7. The van der Waals surface area contributed by atoms with Crippen molar-refractivity contribution in [3.8, 4) is 0 Å². The Morgan fingerprint density at radius 2 is 2.22 bits per heavy atom. The average molecular weight is 288 g/mol. The molecule has 102 valence electrons. The van der Waals surface area contributed by atoms with E-state index in [0.29, 0.717) is 0 Å². The number of nitrogens with zero attached hydrogens (tertiary/aromatic N) is 2. The normalized spacial score (nSPS) is 31.7. The smallest absolute Gasteiger partial charge is 0.465 e. The molecule has 2 N–H and O–H groups in total. The molecule has 1 saturated heterocycles. The van der Waals surface area contributed by atoms with Gasteiger partial charge in [-0.3, -0.25) is 4.74 Å². The molecule has 0 aliphatic carbocycles. The summed E-state index contributed by atoms with van der Waals surface area (Å²) >= 11 is 5.71. The Labute approximate surface area is 104 Å². The maximum absolute atomic E-state index is 12.3. The van der Waals surface area contributed by atoms with Crippen LogP contribution in [-0.4, -0.2) is 52.9 Å². The molecule has 3 atom stereocenters. The van der Waals surface area contributed by atoms with Gasteiger partial charge in [-0.2, -0.15) is 5.10 Å². The van der Waals surface area contributed by atoms with Gasteiger partial charge in [0, 0.05) is 6.54 Å². The standard InChI is InChI=1S/C8H9ClF3N3O3/c9-6-5-3(13-14-6)1-15(7(16)17)2-4(5)18-8(10,11)12/h3-5,13H,1-2H2,(H,16,17). The monoisotopic (exact) mass is 287 g/mol. The lowest BCUT2D eigenvalue weighted by atomic mass is 9.91. The van der Waals surface area contributed by atoms with Crippen molar-refractivity contribution in [2.45, 2.75) is 18.5 Å². The number of hydrogen-bond acceptors (Lipinski definition) is 4. The molecule has 0 bridgehead atoms. The van der Waals surface area contributed by atoms with Gasteiger partial charge in [0.15, 0.2) is 0 Å². The van der Waals surface area contributed by atoms with Crippen LogP contribution in [0.4, 0.5) is 18.0 Å². The van der Waals surface area contributed by atoms with E-state index in [1.54, 1.807) is 0 Å². The minimum Gasteiger partial charge on any atom is -0.465 e. The van der Waals surface area contributed by atoms with Gasteiger partial charge in [-0.15, -0.1) is 13.2 Å². The first-order valence-corrected chi connectivity index (χ1v) is 5.37. The van der Waals surface area contributed by atoms with Crippen molar-refractivity contribution in [2.75, 3.05) is 13.1 Å². The van der Waals surface area contributed by atoms with Gasteiger partial charge in [0.1, 0.15) is 5.17 Å². The number of likely N-dealkylation sites (tertiary alicyclic amines) is 1. The second kappa shape index (κ2) is 4.47. The van der Waals surface area contributed by atoms with Crippen LogP contribution in [0.5, 0.6) is 0 Å². The quantitative estimate of drug-likeness (QED) is 0.755. The summed E-state index contributed by atoms with van der Waals surface area (Å²) in [5.74, 6) is -0.788. The zero-order chi connectivity index (χ0) is 13.5. The van der Waals surface area contributed by atoms with Gasteiger partial charge >= 0.3 is 12.5 Å². The number of alkyl halides is 3. The molecule has 2 aliphatic rings. The molecule has 18 heavy (non-hydrogen) atoms. The van der Waals surface area contributed by atoms with Crippen LogP contribution in [0.25, 0.3) is 0 Å². The second-order valence-corrected chi connectivity index (χ2v) is 4.37. The van der Waals surface area contributed by atoms with Crippen molar-refractivity contribution in [1.29, 1.82) is 0 Å². The molecule has 3 unspecified atom stereocenters. The van der Waals surface area contributed by atoms with Crippen molar-refractivity contribution in [2.24, 2.45) is 11.0 Å². The number of nitrogens with one attached hydrogen (secondary N) is 1. The molecule has 0 aromatic carbocycles. The van der Waals surface area contributed by atoms with Crippen LogP contribution >= 0.6 is 11.6 Å². The highest BCUT2D eigenvalue weighted by molar-refractivity contribution is 6.66. The van der Waals surface area contributed by atoms with Gasteiger partial charge in [-0.25, -0.2) is 4.79 Å². The third-order valence-electron chi connectivity index (χ3n) is 2.82. The van der Waals surface area contributed by atoms with Gasteiger partial charge in [0.2, 0.25) is 0 Å². The van der Waals surface area contributed by atoms with E-state index in [1.165, 1.54) is 0 Å². The Morgan fingerprint density at radius 1 is 1.56 bits per heavy atom. The largest absolute Gasteiger partial charge is 0.522 e. The number of halogens is 4.